The minimum atomic E-state index is 0.512. The summed E-state index contributed by atoms with van der Waals surface area (Å²) in [6.45, 7) is 9.28. The molecule has 0 bridgehead atoms. The van der Waals surface area contributed by atoms with Crippen LogP contribution in [0.25, 0.3) is 0 Å². The molecule has 2 aliphatic rings. The van der Waals surface area contributed by atoms with Crippen molar-refractivity contribution in [3.05, 3.63) is 48.0 Å². The van der Waals surface area contributed by atoms with Crippen LogP contribution in [0.1, 0.15) is 44.0 Å². The van der Waals surface area contributed by atoms with Gasteiger partial charge in [0.05, 0.1) is 6.54 Å². The van der Waals surface area contributed by atoms with E-state index in [2.05, 4.69) is 67.1 Å². The van der Waals surface area contributed by atoms with Crippen LogP contribution in [0.4, 0.5) is 0 Å². The minimum Gasteiger partial charge on any atom is -0.353 e. The summed E-state index contributed by atoms with van der Waals surface area (Å²) in [5, 5.41) is 12.0. The van der Waals surface area contributed by atoms with Crippen molar-refractivity contribution in [2.75, 3.05) is 32.7 Å². The molecule has 0 aliphatic carbocycles. The van der Waals surface area contributed by atoms with Crippen LogP contribution in [0.2, 0.25) is 0 Å². The fourth-order valence-electron chi connectivity index (χ4n) is 4.43. The Kier molecular flexibility index (Phi) is 7.34. The third-order valence-electron chi connectivity index (χ3n) is 6.19. The van der Waals surface area contributed by atoms with Crippen LogP contribution in [0.5, 0.6) is 0 Å². The summed E-state index contributed by atoms with van der Waals surface area (Å²) in [5.74, 6) is 2.13. The molecule has 162 valence electrons. The molecule has 7 heteroatoms. The van der Waals surface area contributed by atoms with Crippen molar-refractivity contribution in [3.63, 3.8) is 0 Å². The quantitative estimate of drug-likeness (QED) is 0.563. The Labute approximate surface area is 180 Å². The molecular formula is C23H35N7. The number of piperidine rings is 1. The second-order valence-corrected chi connectivity index (χ2v) is 8.37. The summed E-state index contributed by atoms with van der Waals surface area (Å²) in [4.78, 5) is 9.98. The summed E-state index contributed by atoms with van der Waals surface area (Å²) in [7, 11) is 0. The van der Waals surface area contributed by atoms with E-state index in [-0.39, 0.29) is 0 Å². The van der Waals surface area contributed by atoms with Crippen LogP contribution in [-0.4, -0.2) is 69.3 Å². The fraction of sp³-hybridized carbons (Fsp3) is 0.609. The molecule has 0 spiro atoms. The van der Waals surface area contributed by atoms with Gasteiger partial charge < -0.3 is 14.8 Å². The summed E-state index contributed by atoms with van der Waals surface area (Å²) < 4.78 is 2.12. The van der Waals surface area contributed by atoms with E-state index in [0.717, 1.165) is 64.0 Å². The number of rotatable bonds is 7. The predicted octanol–water partition coefficient (Wildman–Crippen LogP) is 2.55. The predicted molar refractivity (Wildman–Crippen MR) is 120 cm³/mol. The van der Waals surface area contributed by atoms with Crippen molar-refractivity contribution in [3.8, 4) is 0 Å². The summed E-state index contributed by atoms with van der Waals surface area (Å²) in [5.41, 5.74) is 1.41. The molecule has 1 N–H and O–H groups in total. The SMILES string of the molecule is CCc1nncn1CCN=C(NC1CCN(Cc2ccccc2)CC1)N1CCCC1. The Morgan fingerprint density at radius 2 is 1.87 bits per heavy atom. The number of benzene rings is 1. The van der Waals surface area contributed by atoms with Crippen LogP contribution < -0.4 is 5.32 Å². The monoisotopic (exact) mass is 409 g/mol. The number of hydrogen-bond donors (Lipinski definition) is 1. The maximum absolute atomic E-state index is 4.98. The van der Waals surface area contributed by atoms with Crippen molar-refractivity contribution in [1.82, 2.24) is 29.9 Å². The zero-order valence-electron chi connectivity index (χ0n) is 18.2. The Balaban J connectivity index is 1.30. The average Bonchev–Trinajstić information content (AvgIpc) is 3.47. The van der Waals surface area contributed by atoms with E-state index in [1.807, 2.05) is 6.33 Å². The molecule has 0 atom stereocenters. The topological polar surface area (TPSA) is 61.6 Å². The van der Waals surface area contributed by atoms with Gasteiger partial charge in [0, 0.05) is 51.7 Å². The molecule has 2 aliphatic heterocycles. The van der Waals surface area contributed by atoms with E-state index in [1.165, 1.54) is 31.2 Å². The lowest BCUT2D eigenvalue weighted by atomic mass is 10.0. The fourth-order valence-corrected chi connectivity index (χ4v) is 4.43. The van der Waals surface area contributed by atoms with E-state index in [1.54, 1.807) is 0 Å². The smallest absolute Gasteiger partial charge is 0.194 e. The van der Waals surface area contributed by atoms with Crippen molar-refractivity contribution >= 4 is 5.96 Å². The third-order valence-corrected chi connectivity index (χ3v) is 6.19. The first kappa shape index (κ1) is 20.8. The van der Waals surface area contributed by atoms with Gasteiger partial charge in [-0.3, -0.25) is 9.89 Å². The van der Waals surface area contributed by atoms with Crippen LogP contribution in [0, 0.1) is 0 Å². The van der Waals surface area contributed by atoms with Crippen molar-refractivity contribution in [2.24, 2.45) is 4.99 Å². The van der Waals surface area contributed by atoms with Crippen LogP contribution in [0.3, 0.4) is 0 Å². The highest BCUT2D eigenvalue weighted by molar-refractivity contribution is 5.80. The summed E-state index contributed by atoms with van der Waals surface area (Å²) in [6.07, 6.45) is 7.60. The molecule has 4 rings (SSSR count). The number of nitrogens with zero attached hydrogens (tertiary/aromatic N) is 6. The van der Waals surface area contributed by atoms with Crippen LogP contribution in [-0.2, 0) is 19.5 Å². The lowest BCUT2D eigenvalue weighted by Gasteiger charge is -2.34. The zero-order chi connectivity index (χ0) is 20.6. The molecule has 7 nitrogen and oxygen atoms in total. The number of aryl methyl sites for hydroxylation is 1. The van der Waals surface area contributed by atoms with Gasteiger partial charge in [0.2, 0.25) is 0 Å². The lowest BCUT2D eigenvalue weighted by Crippen LogP contribution is -2.49. The van der Waals surface area contributed by atoms with E-state index >= 15 is 0 Å². The molecule has 0 radical (unpaired) electrons. The summed E-state index contributed by atoms with van der Waals surface area (Å²) >= 11 is 0. The van der Waals surface area contributed by atoms with E-state index in [4.69, 9.17) is 4.99 Å². The lowest BCUT2D eigenvalue weighted by molar-refractivity contribution is 0.197. The van der Waals surface area contributed by atoms with Crippen molar-refractivity contribution in [1.29, 1.82) is 0 Å². The van der Waals surface area contributed by atoms with Crippen molar-refractivity contribution < 1.29 is 0 Å². The van der Waals surface area contributed by atoms with Gasteiger partial charge in [0.1, 0.15) is 12.2 Å². The highest BCUT2D eigenvalue weighted by atomic mass is 15.3. The zero-order valence-corrected chi connectivity index (χ0v) is 18.2. The number of nitrogens with one attached hydrogen (secondary N) is 1. The molecule has 2 fully saturated rings. The number of aliphatic imine (C=N–C) groups is 1. The van der Waals surface area contributed by atoms with Crippen LogP contribution >= 0.6 is 0 Å². The Morgan fingerprint density at radius 1 is 1.10 bits per heavy atom. The largest absolute Gasteiger partial charge is 0.353 e. The second-order valence-electron chi connectivity index (χ2n) is 8.37. The number of likely N-dealkylation sites (tertiary alicyclic amines) is 2. The molecule has 2 aromatic rings. The Hall–Kier alpha value is -2.41. The highest BCUT2D eigenvalue weighted by Gasteiger charge is 2.23. The minimum absolute atomic E-state index is 0.512. The maximum atomic E-state index is 4.98. The number of guanidine groups is 1. The molecular weight excluding hydrogens is 374 g/mol. The Morgan fingerprint density at radius 3 is 2.60 bits per heavy atom. The van der Waals surface area contributed by atoms with Gasteiger partial charge in [-0.1, -0.05) is 37.3 Å². The van der Waals surface area contributed by atoms with Gasteiger partial charge in [0.15, 0.2) is 5.96 Å². The van der Waals surface area contributed by atoms with E-state index in [9.17, 15) is 0 Å². The number of hydrogen-bond acceptors (Lipinski definition) is 4. The number of aromatic nitrogens is 3. The van der Waals surface area contributed by atoms with Gasteiger partial charge in [0.25, 0.3) is 0 Å². The highest BCUT2D eigenvalue weighted by Crippen LogP contribution is 2.15. The summed E-state index contributed by atoms with van der Waals surface area (Å²) in [6, 6.07) is 11.3. The van der Waals surface area contributed by atoms with E-state index in [0.29, 0.717) is 6.04 Å². The first-order chi connectivity index (χ1) is 14.8. The van der Waals surface area contributed by atoms with Gasteiger partial charge in [-0.05, 0) is 31.2 Å². The molecule has 0 amide bonds. The molecule has 0 unspecified atom stereocenters. The van der Waals surface area contributed by atoms with Gasteiger partial charge >= 0.3 is 0 Å². The molecule has 3 heterocycles. The average molecular weight is 410 g/mol. The molecule has 30 heavy (non-hydrogen) atoms. The third kappa shape index (κ3) is 5.59. The van der Waals surface area contributed by atoms with Crippen LogP contribution in [0.15, 0.2) is 41.7 Å². The van der Waals surface area contributed by atoms with Gasteiger partial charge in [-0.25, -0.2) is 0 Å². The first-order valence-corrected chi connectivity index (χ1v) is 11.5. The normalized spacial score (nSPS) is 18.8. The molecule has 0 saturated carbocycles. The van der Waals surface area contributed by atoms with Gasteiger partial charge in [-0.2, -0.15) is 0 Å². The van der Waals surface area contributed by atoms with Crippen molar-refractivity contribution in [2.45, 2.75) is 58.2 Å². The molecule has 1 aromatic carbocycles. The Bertz CT molecular complexity index is 787. The molecule has 2 saturated heterocycles. The maximum Gasteiger partial charge on any atom is 0.194 e. The second kappa shape index (κ2) is 10.6. The molecule has 1 aromatic heterocycles. The van der Waals surface area contributed by atoms with Gasteiger partial charge in [-0.15, -0.1) is 10.2 Å². The standard InChI is InChI=1S/C23H35N7/c1-2-22-27-25-19-30(22)17-12-24-23(29-13-6-7-14-29)26-21-10-15-28(16-11-21)18-20-8-4-3-5-9-20/h3-5,8-9,19,21H,2,6-7,10-18H2,1H3,(H,24,26). The first-order valence-electron chi connectivity index (χ1n) is 11.5. The van der Waals surface area contributed by atoms with E-state index < -0.39 is 0 Å².